The summed E-state index contributed by atoms with van der Waals surface area (Å²) in [5, 5.41) is 0. The second-order valence-corrected chi connectivity index (χ2v) is 6.41. The molecule has 1 aliphatic rings. The van der Waals surface area contributed by atoms with E-state index in [1.165, 1.54) is 11.1 Å². The van der Waals surface area contributed by atoms with Crippen LogP contribution in [0.4, 0.5) is 5.82 Å². The number of hydrogen-bond donors (Lipinski definition) is 0. The Balaban J connectivity index is 1.56. The first-order chi connectivity index (χ1) is 12.7. The first kappa shape index (κ1) is 16.4. The van der Waals surface area contributed by atoms with E-state index in [1.807, 2.05) is 31.2 Å². The lowest BCUT2D eigenvalue weighted by molar-refractivity contribution is 0.373. The Morgan fingerprint density at radius 3 is 2.65 bits per heavy atom. The van der Waals surface area contributed by atoms with Crippen LogP contribution in [0.25, 0.3) is 0 Å². The van der Waals surface area contributed by atoms with E-state index in [2.05, 4.69) is 39.1 Å². The van der Waals surface area contributed by atoms with Crippen molar-refractivity contribution in [2.45, 2.75) is 19.9 Å². The Morgan fingerprint density at radius 2 is 1.81 bits per heavy atom. The molecule has 0 fully saturated rings. The fourth-order valence-electron chi connectivity index (χ4n) is 3.22. The van der Waals surface area contributed by atoms with Crippen LogP contribution in [0.1, 0.15) is 16.7 Å². The summed E-state index contributed by atoms with van der Waals surface area (Å²) in [6.45, 7) is 3.80. The maximum Gasteiger partial charge on any atom is 0.224 e. The summed E-state index contributed by atoms with van der Waals surface area (Å²) in [4.78, 5) is 10.9. The third kappa shape index (κ3) is 3.33. The van der Waals surface area contributed by atoms with E-state index in [1.54, 1.807) is 13.4 Å². The highest BCUT2D eigenvalue weighted by molar-refractivity contribution is 5.48. The third-order valence-electron chi connectivity index (χ3n) is 4.62. The van der Waals surface area contributed by atoms with E-state index in [0.717, 1.165) is 30.9 Å². The van der Waals surface area contributed by atoms with Crippen molar-refractivity contribution >= 4 is 5.82 Å². The molecule has 5 heteroatoms. The Hall–Kier alpha value is -3.08. The highest BCUT2D eigenvalue weighted by atomic mass is 16.5. The van der Waals surface area contributed by atoms with Gasteiger partial charge in [0.25, 0.3) is 0 Å². The average Bonchev–Trinajstić information content (AvgIpc) is 2.69. The largest absolute Gasteiger partial charge is 0.493 e. The average molecular weight is 347 g/mol. The van der Waals surface area contributed by atoms with E-state index >= 15 is 0 Å². The molecule has 5 nitrogen and oxygen atoms in total. The van der Waals surface area contributed by atoms with Gasteiger partial charge >= 0.3 is 0 Å². The van der Waals surface area contributed by atoms with Gasteiger partial charge in [-0.1, -0.05) is 30.3 Å². The lowest BCUT2D eigenvalue weighted by atomic mass is 10.00. The SMILES string of the molecule is COc1cc(C)ccc1Oc1cc(N2CCc3ccccc3C2)ncn1. The maximum absolute atomic E-state index is 5.95. The Labute approximate surface area is 153 Å². The van der Waals surface area contributed by atoms with Crippen LogP contribution in [0.2, 0.25) is 0 Å². The summed E-state index contributed by atoms with van der Waals surface area (Å²) in [5.41, 5.74) is 3.88. The van der Waals surface area contributed by atoms with Crippen LogP contribution < -0.4 is 14.4 Å². The molecule has 0 N–H and O–H groups in total. The zero-order valence-corrected chi connectivity index (χ0v) is 15.0. The monoisotopic (exact) mass is 347 g/mol. The lowest BCUT2D eigenvalue weighted by Gasteiger charge is -2.29. The molecular formula is C21H21N3O2. The van der Waals surface area contributed by atoms with Gasteiger partial charge in [0.15, 0.2) is 11.5 Å². The molecule has 1 aromatic heterocycles. The van der Waals surface area contributed by atoms with E-state index in [9.17, 15) is 0 Å². The molecule has 0 saturated heterocycles. The quantitative estimate of drug-likeness (QED) is 0.709. The normalized spacial score (nSPS) is 13.2. The maximum atomic E-state index is 5.95. The molecular weight excluding hydrogens is 326 g/mol. The van der Waals surface area contributed by atoms with Crippen LogP contribution in [0.15, 0.2) is 54.9 Å². The Bertz CT molecular complexity index is 927. The van der Waals surface area contributed by atoms with E-state index < -0.39 is 0 Å². The van der Waals surface area contributed by atoms with Gasteiger partial charge in [-0.2, -0.15) is 0 Å². The van der Waals surface area contributed by atoms with E-state index in [-0.39, 0.29) is 0 Å². The minimum absolute atomic E-state index is 0.510. The molecule has 0 atom stereocenters. The van der Waals surface area contributed by atoms with Crippen LogP contribution in [0.5, 0.6) is 17.4 Å². The molecule has 132 valence electrons. The molecule has 1 aliphatic heterocycles. The number of nitrogens with zero attached hydrogens (tertiary/aromatic N) is 3. The molecule has 2 heterocycles. The molecule has 2 aromatic carbocycles. The number of benzene rings is 2. The van der Waals surface area contributed by atoms with Gasteiger partial charge in [-0.05, 0) is 42.2 Å². The highest BCUT2D eigenvalue weighted by Gasteiger charge is 2.18. The number of anilines is 1. The standard InChI is InChI=1S/C21H21N3O2/c1-15-7-8-18(19(11-15)25-2)26-21-12-20(22-14-23-21)24-10-9-16-5-3-4-6-17(16)13-24/h3-8,11-12,14H,9-10,13H2,1-2H3. The predicted octanol–water partition coefficient (Wildman–Crippen LogP) is 4.15. The van der Waals surface area contributed by atoms with Gasteiger partial charge < -0.3 is 14.4 Å². The number of aryl methyl sites for hydroxylation is 1. The first-order valence-corrected chi connectivity index (χ1v) is 8.69. The minimum Gasteiger partial charge on any atom is -0.493 e. The van der Waals surface area contributed by atoms with Gasteiger partial charge in [0, 0.05) is 19.2 Å². The molecule has 26 heavy (non-hydrogen) atoms. The first-order valence-electron chi connectivity index (χ1n) is 8.69. The predicted molar refractivity (Wildman–Crippen MR) is 101 cm³/mol. The van der Waals surface area contributed by atoms with Gasteiger partial charge in [-0.3, -0.25) is 0 Å². The molecule has 0 aliphatic carbocycles. The van der Waals surface area contributed by atoms with Gasteiger partial charge in [0.2, 0.25) is 5.88 Å². The lowest BCUT2D eigenvalue weighted by Crippen LogP contribution is -2.30. The topological polar surface area (TPSA) is 47.5 Å². The number of ether oxygens (including phenoxy) is 2. The Morgan fingerprint density at radius 1 is 0.962 bits per heavy atom. The molecule has 0 bridgehead atoms. The van der Waals surface area contributed by atoms with Crippen molar-refractivity contribution in [2.75, 3.05) is 18.6 Å². The molecule has 0 radical (unpaired) electrons. The highest BCUT2D eigenvalue weighted by Crippen LogP contribution is 2.32. The van der Waals surface area contributed by atoms with Crippen molar-refractivity contribution in [1.82, 2.24) is 9.97 Å². The van der Waals surface area contributed by atoms with Crippen molar-refractivity contribution in [1.29, 1.82) is 0 Å². The van der Waals surface area contributed by atoms with Gasteiger partial charge in [0.1, 0.15) is 12.1 Å². The summed E-state index contributed by atoms with van der Waals surface area (Å²) in [6, 6.07) is 16.3. The second-order valence-electron chi connectivity index (χ2n) is 6.41. The molecule has 0 saturated carbocycles. The zero-order chi connectivity index (χ0) is 17.9. The van der Waals surface area contributed by atoms with Gasteiger partial charge in [0.05, 0.1) is 7.11 Å². The molecule has 0 amide bonds. The molecule has 4 rings (SSSR count). The van der Waals surface area contributed by atoms with Crippen molar-refractivity contribution in [3.8, 4) is 17.4 Å². The van der Waals surface area contributed by atoms with Crippen molar-refractivity contribution in [2.24, 2.45) is 0 Å². The minimum atomic E-state index is 0.510. The van der Waals surface area contributed by atoms with Crippen molar-refractivity contribution < 1.29 is 9.47 Å². The molecule has 0 spiro atoms. The van der Waals surface area contributed by atoms with Crippen LogP contribution in [0.3, 0.4) is 0 Å². The van der Waals surface area contributed by atoms with Crippen LogP contribution in [-0.2, 0) is 13.0 Å². The second kappa shape index (κ2) is 7.04. The van der Waals surface area contributed by atoms with Crippen LogP contribution >= 0.6 is 0 Å². The van der Waals surface area contributed by atoms with Crippen LogP contribution in [-0.4, -0.2) is 23.6 Å². The van der Waals surface area contributed by atoms with Gasteiger partial charge in [-0.15, -0.1) is 0 Å². The Kier molecular flexibility index (Phi) is 4.44. The fourth-order valence-corrected chi connectivity index (χ4v) is 3.22. The summed E-state index contributed by atoms with van der Waals surface area (Å²) in [5.74, 6) is 2.72. The molecule has 0 unspecified atom stereocenters. The number of hydrogen-bond acceptors (Lipinski definition) is 5. The van der Waals surface area contributed by atoms with Crippen molar-refractivity contribution in [3.05, 3.63) is 71.5 Å². The van der Waals surface area contributed by atoms with Gasteiger partial charge in [-0.25, -0.2) is 9.97 Å². The number of rotatable bonds is 4. The summed E-state index contributed by atoms with van der Waals surface area (Å²) >= 11 is 0. The number of fused-ring (bicyclic) bond motifs is 1. The molecule has 3 aromatic rings. The van der Waals surface area contributed by atoms with E-state index in [4.69, 9.17) is 9.47 Å². The summed E-state index contributed by atoms with van der Waals surface area (Å²) < 4.78 is 11.4. The zero-order valence-electron chi connectivity index (χ0n) is 15.0. The van der Waals surface area contributed by atoms with E-state index in [0.29, 0.717) is 17.4 Å². The smallest absolute Gasteiger partial charge is 0.224 e. The van der Waals surface area contributed by atoms with Crippen molar-refractivity contribution in [3.63, 3.8) is 0 Å². The number of methoxy groups -OCH3 is 1. The van der Waals surface area contributed by atoms with Crippen LogP contribution in [0, 0.1) is 6.92 Å². The third-order valence-corrected chi connectivity index (χ3v) is 4.62. The summed E-state index contributed by atoms with van der Waals surface area (Å²) in [7, 11) is 1.64. The summed E-state index contributed by atoms with van der Waals surface area (Å²) in [6.07, 6.45) is 2.56. The number of aromatic nitrogens is 2. The fraction of sp³-hybridized carbons (Fsp3) is 0.238.